The average Bonchev–Trinajstić information content (AvgIpc) is 3.10. The van der Waals surface area contributed by atoms with Crippen LogP contribution in [-0.4, -0.2) is 48.0 Å². The van der Waals surface area contributed by atoms with E-state index in [-0.39, 0.29) is 17.8 Å². The highest BCUT2D eigenvalue weighted by Crippen LogP contribution is 2.35. The molecule has 0 saturated carbocycles. The number of hydrogen-bond acceptors (Lipinski definition) is 5. The molecule has 0 saturated heterocycles. The lowest BCUT2D eigenvalue weighted by Crippen LogP contribution is -2.39. The van der Waals surface area contributed by atoms with E-state index in [0.717, 1.165) is 16.5 Å². The number of nitrogens with zero attached hydrogens (tertiary/aromatic N) is 2. The van der Waals surface area contributed by atoms with E-state index in [1.165, 1.54) is 23.5 Å². The van der Waals surface area contributed by atoms with Crippen molar-refractivity contribution >= 4 is 29.0 Å². The molecule has 0 radical (unpaired) electrons. The number of ether oxygens (including phenoxy) is 1. The molecular weight excluding hydrogens is 455 g/mol. The van der Waals surface area contributed by atoms with Crippen LogP contribution in [0.1, 0.15) is 52.7 Å². The van der Waals surface area contributed by atoms with Gasteiger partial charge in [-0.05, 0) is 64.5 Å². The maximum atomic E-state index is 13.5. The number of amides is 2. The minimum Gasteiger partial charge on any atom is -0.444 e. The van der Waals surface area contributed by atoms with Gasteiger partial charge in [0.15, 0.2) is 0 Å². The first-order valence-electron chi connectivity index (χ1n) is 10.5. The first-order valence-corrected chi connectivity index (χ1v) is 11.4. The van der Waals surface area contributed by atoms with Gasteiger partial charge < -0.3 is 19.9 Å². The number of fused-ring (bicyclic) bond motifs is 1. The summed E-state index contributed by atoms with van der Waals surface area (Å²) in [6.07, 6.45) is -4.47. The lowest BCUT2D eigenvalue weighted by atomic mass is 10.0. The van der Waals surface area contributed by atoms with Crippen LogP contribution in [-0.2, 0) is 30.4 Å². The number of alkyl halides is 3. The second kappa shape index (κ2) is 9.34. The Kier molecular flexibility index (Phi) is 7.09. The summed E-state index contributed by atoms with van der Waals surface area (Å²) in [5, 5.41) is 4.29. The topological polar surface area (TPSA) is 61.9 Å². The van der Waals surface area contributed by atoms with Crippen molar-refractivity contribution < 1.29 is 27.5 Å². The summed E-state index contributed by atoms with van der Waals surface area (Å²) in [6.45, 7) is 6.26. The van der Waals surface area contributed by atoms with Crippen LogP contribution in [0.2, 0.25) is 0 Å². The molecular formula is C23H28F3N3O3S. The average molecular weight is 484 g/mol. The number of anilines is 1. The zero-order chi connectivity index (χ0) is 24.6. The second-order valence-corrected chi connectivity index (χ2v) is 10.2. The molecule has 0 fully saturated rings. The Bertz CT molecular complexity index is 1040. The van der Waals surface area contributed by atoms with Crippen molar-refractivity contribution in [1.29, 1.82) is 0 Å². The molecule has 0 spiro atoms. The molecule has 10 heteroatoms. The third-order valence-corrected chi connectivity index (χ3v) is 6.02. The number of rotatable bonds is 4. The molecule has 3 rings (SSSR count). The summed E-state index contributed by atoms with van der Waals surface area (Å²) in [7, 11) is 3.39. The van der Waals surface area contributed by atoms with Crippen molar-refractivity contribution in [1.82, 2.24) is 9.80 Å². The SMILES string of the molecule is CN(C)Cc1ccc(NC(=O)c2csc3c2CCN(C(=O)OC(C)(C)C)C3)cc1C(F)(F)F. The molecule has 1 aromatic heterocycles. The zero-order valence-corrected chi connectivity index (χ0v) is 20.1. The maximum Gasteiger partial charge on any atom is 0.416 e. The molecule has 6 nitrogen and oxygen atoms in total. The van der Waals surface area contributed by atoms with Gasteiger partial charge in [0.05, 0.1) is 17.7 Å². The van der Waals surface area contributed by atoms with E-state index >= 15 is 0 Å². The van der Waals surface area contributed by atoms with Gasteiger partial charge in [0.25, 0.3) is 5.91 Å². The van der Waals surface area contributed by atoms with Gasteiger partial charge in [-0.25, -0.2) is 4.79 Å². The van der Waals surface area contributed by atoms with Crippen LogP contribution in [0.4, 0.5) is 23.7 Å². The summed E-state index contributed by atoms with van der Waals surface area (Å²) in [5.41, 5.74) is 0.0909. The molecule has 180 valence electrons. The van der Waals surface area contributed by atoms with E-state index in [0.29, 0.717) is 25.1 Å². The van der Waals surface area contributed by atoms with Gasteiger partial charge in [0, 0.05) is 29.0 Å². The van der Waals surface area contributed by atoms with Gasteiger partial charge in [-0.15, -0.1) is 11.3 Å². The third-order valence-electron chi connectivity index (χ3n) is 5.00. The summed E-state index contributed by atoms with van der Waals surface area (Å²) in [5.74, 6) is -0.466. The van der Waals surface area contributed by atoms with Crippen molar-refractivity contribution in [2.24, 2.45) is 0 Å². The fourth-order valence-corrected chi connectivity index (χ4v) is 4.69. The normalized spacial score (nSPS) is 14.3. The molecule has 2 amide bonds. The Morgan fingerprint density at radius 1 is 1.21 bits per heavy atom. The van der Waals surface area contributed by atoms with Crippen LogP contribution < -0.4 is 5.32 Å². The van der Waals surface area contributed by atoms with Gasteiger partial charge in [0.1, 0.15) is 5.60 Å². The molecule has 0 aliphatic carbocycles. The lowest BCUT2D eigenvalue weighted by Gasteiger charge is -2.30. The van der Waals surface area contributed by atoms with E-state index in [4.69, 9.17) is 4.74 Å². The number of benzene rings is 1. The fraction of sp³-hybridized carbons (Fsp3) is 0.478. The minimum absolute atomic E-state index is 0.0842. The van der Waals surface area contributed by atoms with Crippen molar-refractivity contribution in [3.63, 3.8) is 0 Å². The van der Waals surface area contributed by atoms with Gasteiger partial charge in [-0.2, -0.15) is 13.2 Å². The molecule has 1 aromatic carbocycles. The Labute approximate surface area is 195 Å². The van der Waals surface area contributed by atoms with Crippen LogP contribution in [0.25, 0.3) is 0 Å². The number of thiophene rings is 1. The largest absolute Gasteiger partial charge is 0.444 e. The van der Waals surface area contributed by atoms with Crippen LogP contribution in [0, 0.1) is 0 Å². The smallest absolute Gasteiger partial charge is 0.416 e. The number of nitrogens with one attached hydrogen (secondary N) is 1. The van der Waals surface area contributed by atoms with Crippen molar-refractivity contribution in [2.45, 2.75) is 52.1 Å². The van der Waals surface area contributed by atoms with E-state index in [1.807, 2.05) is 0 Å². The first kappa shape index (κ1) is 25.0. The molecule has 1 N–H and O–H groups in total. The van der Waals surface area contributed by atoms with E-state index in [1.54, 1.807) is 50.0 Å². The van der Waals surface area contributed by atoms with Gasteiger partial charge in [-0.3, -0.25) is 4.79 Å². The van der Waals surface area contributed by atoms with Gasteiger partial charge >= 0.3 is 12.3 Å². The highest BCUT2D eigenvalue weighted by Gasteiger charge is 2.34. The fourth-order valence-electron chi connectivity index (χ4n) is 3.60. The monoisotopic (exact) mass is 483 g/mol. The quantitative estimate of drug-likeness (QED) is 0.635. The van der Waals surface area contributed by atoms with Crippen molar-refractivity contribution in [2.75, 3.05) is 26.0 Å². The van der Waals surface area contributed by atoms with E-state index in [2.05, 4.69) is 5.32 Å². The van der Waals surface area contributed by atoms with Crippen molar-refractivity contribution in [3.05, 3.63) is 50.7 Å². The van der Waals surface area contributed by atoms with Crippen LogP contribution in [0.5, 0.6) is 0 Å². The number of carbonyl (C=O) groups excluding carboxylic acids is 2. The molecule has 0 bridgehead atoms. The highest BCUT2D eigenvalue weighted by atomic mass is 32.1. The molecule has 0 atom stereocenters. The standard InChI is InChI=1S/C23H28F3N3O3S/c1-22(2,3)32-21(31)29-9-8-16-17(13-33-19(16)12-29)20(30)27-15-7-6-14(11-28(4)5)18(10-15)23(24,25)26/h6-7,10,13H,8-9,11-12H2,1-5H3,(H,27,30). The summed E-state index contributed by atoms with van der Waals surface area (Å²) < 4.78 is 46.1. The molecule has 33 heavy (non-hydrogen) atoms. The Hall–Kier alpha value is -2.59. The zero-order valence-electron chi connectivity index (χ0n) is 19.3. The molecule has 1 aliphatic heterocycles. The summed E-state index contributed by atoms with van der Waals surface area (Å²) in [4.78, 5) is 29.3. The van der Waals surface area contributed by atoms with Crippen LogP contribution in [0.15, 0.2) is 23.6 Å². The summed E-state index contributed by atoms with van der Waals surface area (Å²) >= 11 is 1.35. The third kappa shape index (κ3) is 6.26. The maximum absolute atomic E-state index is 13.5. The van der Waals surface area contributed by atoms with Crippen molar-refractivity contribution in [3.8, 4) is 0 Å². The second-order valence-electron chi connectivity index (χ2n) is 9.26. The Morgan fingerprint density at radius 2 is 1.91 bits per heavy atom. The highest BCUT2D eigenvalue weighted by molar-refractivity contribution is 7.10. The van der Waals surface area contributed by atoms with Gasteiger partial charge in [0.2, 0.25) is 0 Å². The first-order chi connectivity index (χ1) is 15.2. The molecule has 2 heterocycles. The molecule has 0 unspecified atom stereocenters. The predicted molar refractivity (Wildman–Crippen MR) is 121 cm³/mol. The summed E-state index contributed by atoms with van der Waals surface area (Å²) in [6, 6.07) is 3.84. The van der Waals surface area contributed by atoms with E-state index in [9.17, 15) is 22.8 Å². The lowest BCUT2D eigenvalue weighted by molar-refractivity contribution is -0.138. The predicted octanol–water partition coefficient (Wildman–Crippen LogP) is 5.37. The van der Waals surface area contributed by atoms with Crippen LogP contribution >= 0.6 is 11.3 Å². The number of carbonyl (C=O) groups is 2. The number of hydrogen-bond donors (Lipinski definition) is 1. The number of halogens is 3. The molecule has 2 aromatic rings. The van der Waals surface area contributed by atoms with Gasteiger partial charge in [-0.1, -0.05) is 6.07 Å². The Morgan fingerprint density at radius 3 is 2.52 bits per heavy atom. The Balaban J connectivity index is 1.76. The van der Waals surface area contributed by atoms with Crippen LogP contribution in [0.3, 0.4) is 0 Å². The minimum atomic E-state index is -4.53. The molecule has 1 aliphatic rings. The van der Waals surface area contributed by atoms with E-state index < -0.39 is 29.3 Å².